The molecule has 1 amide bonds. The van der Waals surface area contributed by atoms with Crippen LogP contribution in [0.2, 0.25) is 0 Å². The predicted octanol–water partition coefficient (Wildman–Crippen LogP) is 2.31. The third kappa shape index (κ3) is 2.84. The molecular weight excluding hydrogens is 264 g/mol. The largest absolute Gasteiger partial charge is 0.488 e. The third-order valence-electron chi connectivity index (χ3n) is 3.71. The number of nitrogens with one attached hydrogen (secondary N) is 1. The summed E-state index contributed by atoms with van der Waals surface area (Å²) in [5, 5.41) is 2.92. The van der Waals surface area contributed by atoms with Crippen molar-refractivity contribution >= 4 is 11.6 Å². The van der Waals surface area contributed by atoms with Gasteiger partial charge in [-0.25, -0.2) is 0 Å². The zero-order chi connectivity index (χ0) is 14.8. The van der Waals surface area contributed by atoms with Crippen molar-refractivity contribution in [3.05, 3.63) is 59.2 Å². The summed E-state index contributed by atoms with van der Waals surface area (Å²) in [6.45, 7) is 2.39. The predicted molar refractivity (Wildman–Crippen MR) is 82.5 cm³/mol. The number of anilines is 1. The quantitative estimate of drug-likeness (QED) is 0.849. The van der Waals surface area contributed by atoms with Crippen LogP contribution >= 0.6 is 0 Å². The number of hydrogen-bond donors (Lipinski definition) is 2. The van der Waals surface area contributed by atoms with Gasteiger partial charge < -0.3 is 15.8 Å². The molecule has 0 bridgehead atoms. The molecule has 4 heteroatoms. The maximum absolute atomic E-state index is 12.2. The average Bonchev–Trinajstić information content (AvgIpc) is 2.90. The average molecular weight is 282 g/mol. The van der Waals surface area contributed by atoms with Crippen molar-refractivity contribution in [2.45, 2.75) is 19.4 Å². The van der Waals surface area contributed by atoms with Gasteiger partial charge in [0, 0.05) is 17.7 Å². The van der Waals surface area contributed by atoms with Gasteiger partial charge in [0.15, 0.2) is 0 Å². The lowest BCUT2D eigenvalue weighted by Crippen LogP contribution is -2.34. The number of nitrogens with two attached hydrogens (primary N) is 1. The minimum absolute atomic E-state index is 0.00675. The van der Waals surface area contributed by atoms with Gasteiger partial charge in [-0.15, -0.1) is 0 Å². The summed E-state index contributed by atoms with van der Waals surface area (Å²) in [5.74, 6) is 0.802. The number of rotatable bonds is 3. The molecule has 4 nitrogen and oxygen atoms in total. The van der Waals surface area contributed by atoms with Crippen LogP contribution < -0.4 is 15.8 Å². The third-order valence-corrected chi connectivity index (χ3v) is 3.71. The fourth-order valence-corrected chi connectivity index (χ4v) is 2.55. The molecule has 1 aliphatic heterocycles. The standard InChI is InChI=1S/C17H18N2O2/c1-11-6-7-13(18)9-15(11)17(20)19-10-14-8-12-4-2-3-5-16(12)21-14/h2-7,9,14H,8,10,18H2,1H3,(H,19,20). The SMILES string of the molecule is Cc1ccc(N)cc1C(=O)NCC1Cc2ccccc2O1. The first kappa shape index (κ1) is 13.5. The molecule has 3 rings (SSSR count). The highest BCUT2D eigenvalue weighted by molar-refractivity contribution is 5.96. The van der Waals surface area contributed by atoms with E-state index in [0.717, 1.165) is 17.7 Å². The molecule has 3 N–H and O–H groups in total. The van der Waals surface area contributed by atoms with Crippen molar-refractivity contribution in [1.29, 1.82) is 0 Å². The summed E-state index contributed by atoms with van der Waals surface area (Å²) >= 11 is 0. The monoisotopic (exact) mass is 282 g/mol. The van der Waals surface area contributed by atoms with E-state index in [9.17, 15) is 4.79 Å². The van der Waals surface area contributed by atoms with Gasteiger partial charge in [0.05, 0.1) is 6.54 Å². The molecule has 0 aromatic heterocycles. The molecule has 1 atom stereocenters. The normalized spacial score (nSPS) is 16.1. The van der Waals surface area contributed by atoms with Crippen molar-refractivity contribution in [1.82, 2.24) is 5.32 Å². The number of carbonyl (C=O) groups excluding carboxylic acids is 1. The molecule has 2 aromatic rings. The molecule has 2 aromatic carbocycles. The smallest absolute Gasteiger partial charge is 0.251 e. The van der Waals surface area contributed by atoms with Crippen molar-refractivity contribution in [2.75, 3.05) is 12.3 Å². The van der Waals surface area contributed by atoms with Crippen molar-refractivity contribution < 1.29 is 9.53 Å². The summed E-state index contributed by atoms with van der Waals surface area (Å²) < 4.78 is 5.81. The number of nitrogen functional groups attached to an aromatic ring is 1. The van der Waals surface area contributed by atoms with E-state index >= 15 is 0 Å². The maximum Gasteiger partial charge on any atom is 0.251 e. The maximum atomic E-state index is 12.2. The number of carbonyl (C=O) groups is 1. The Balaban J connectivity index is 1.61. The lowest BCUT2D eigenvalue weighted by atomic mass is 10.1. The summed E-state index contributed by atoms with van der Waals surface area (Å²) in [6, 6.07) is 13.3. The molecule has 0 aliphatic carbocycles. The van der Waals surface area contributed by atoms with Crippen LogP contribution in [-0.4, -0.2) is 18.6 Å². The van der Waals surface area contributed by atoms with Crippen LogP contribution in [-0.2, 0) is 6.42 Å². The van der Waals surface area contributed by atoms with E-state index < -0.39 is 0 Å². The van der Waals surface area contributed by atoms with Crippen LogP contribution in [0.25, 0.3) is 0 Å². The zero-order valence-electron chi connectivity index (χ0n) is 11.9. The Morgan fingerprint density at radius 3 is 2.95 bits per heavy atom. The van der Waals surface area contributed by atoms with E-state index in [4.69, 9.17) is 10.5 Å². The van der Waals surface area contributed by atoms with E-state index in [2.05, 4.69) is 11.4 Å². The van der Waals surface area contributed by atoms with E-state index in [1.807, 2.05) is 31.2 Å². The Labute approximate surface area is 123 Å². The zero-order valence-corrected chi connectivity index (χ0v) is 11.9. The summed E-state index contributed by atoms with van der Waals surface area (Å²) in [4.78, 5) is 12.2. The van der Waals surface area contributed by atoms with Crippen molar-refractivity contribution in [2.24, 2.45) is 0 Å². The fraction of sp³-hybridized carbons (Fsp3) is 0.235. The summed E-state index contributed by atoms with van der Waals surface area (Å²) in [6.07, 6.45) is 0.819. The highest BCUT2D eigenvalue weighted by Crippen LogP contribution is 2.27. The Bertz CT molecular complexity index is 657. The molecule has 1 aliphatic rings. The minimum Gasteiger partial charge on any atom is -0.488 e. The number of ether oxygens (including phenoxy) is 1. The molecule has 108 valence electrons. The van der Waals surface area contributed by atoms with E-state index in [1.54, 1.807) is 12.1 Å². The van der Waals surface area contributed by atoms with Gasteiger partial charge in [-0.2, -0.15) is 0 Å². The van der Waals surface area contributed by atoms with Crippen LogP contribution in [0.15, 0.2) is 42.5 Å². The molecule has 21 heavy (non-hydrogen) atoms. The fourth-order valence-electron chi connectivity index (χ4n) is 2.55. The van der Waals surface area contributed by atoms with Gasteiger partial charge in [0.1, 0.15) is 11.9 Å². The lowest BCUT2D eigenvalue weighted by Gasteiger charge is -2.13. The molecule has 0 fully saturated rings. The first-order chi connectivity index (χ1) is 10.1. The second-order valence-electron chi connectivity index (χ2n) is 5.34. The highest BCUT2D eigenvalue weighted by Gasteiger charge is 2.23. The number of amides is 1. The molecule has 1 unspecified atom stereocenters. The van der Waals surface area contributed by atoms with Gasteiger partial charge in [-0.1, -0.05) is 24.3 Å². The van der Waals surface area contributed by atoms with Crippen LogP contribution in [0, 0.1) is 6.92 Å². The minimum atomic E-state index is -0.112. The summed E-state index contributed by atoms with van der Waals surface area (Å²) in [5.41, 5.74) is 9.05. The van der Waals surface area contributed by atoms with E-state index in [1.165, 1.54) is 5.56 Å². The van der Waals surface area contributed by atoms with Gasteiger partial charge in [-0.3, -0.25) is 4.79 Å². The first-order valence-corrected chi connectivity index (χ1v) is 7.02. The Morgan fingerprint density at radius 2 is 2.14 bits per heavy atom. The summed E-state index contributed by atoms with van der Waals surface area (Å²) in [7, 11) is 0. The molecule has 0 radical (unpaired) electrons. The molecule has 1 heterocycles. The second kappa shape index (κ2) is 5.48. The second-order valence-corrected chi connectivity index (χ2v) is 5.34. The molecular formula is C17H18N2O2. The molecule has 0 saturated heterocycles. The Kier molecular flexibility index (Phi) is 3.52. The lowest BCUT2D eigenvalue weighted by molar-refractivity contribution is 0.0933. The molecule has 0 saturated carbocycles. The van der Waals surface area contributed by atoms with Crippen molar-refractivity contribution in [3.8, 4) is 5.75 Å². The van der Waals surface area contributed by atoms with Crippen LogP contribution in [0.4, 0.5) is 5.69 Å². The number of fused-ring (bicyclic) bond motifs is 1. The Morgan fingerprint density at radius 1 is 1.33 bits per heavy atom. The van der Waals surface area contributed by atoms with Crippen molar-refractivity contribution in [3.63, 3.8) is 0 Å². The van der Waals surface area contributed by atoms with E-state index in [-0.39, 0.29) is 12.0 Å². The van der Waals surface area contributed by atoms with Crippen LogP contribution in [0.3, 0.4) is 0 Å². The number of hydrogen-bond acceptors (Lipinski definition) is 3. The van der Waals surface area contributed by atoms with Crippen LogP contribution in [0.5, 0.6) is 5.75 Å². The number of benzene rings is 2. The van der Waals surface area contributed by atoms with Crippen LogP contribution in [0.1, 0.15) is 21.5 Å². The Hall–Kier alpha value is -2.49. The first-order valence-electron chi connectivity index (χ1n) is 7.02. The van der Waals surface area contributed by atoms with Gasteiger partial charge in [0.25, 0.3) is 5.91 Å². The topological polar surface area (TPSA) is 64.4 Å². The number of para-hydroxylation sites is 1. The van der Waals surface area contributed by atoms with Gasteiger partial charge >= 0.3 is 0 Å². The highest BCUT2D eigenvalue weighted by atomic mass is 16.5. The van der Waals surface area contributed by atoms with E-state index in [0.29, 0.717) is 17.8 Å². The number of aryl methyl sites for hydroxylation is 1. The van der Waals surface area contributed by atoms with Gasteiger partial charge in [0.2, 0.25) is 0 Å². The van der Waals surface area contributed by atoms with Gasteiger partial charge in [-0.05, 0) is 36.2 Å². The molecule has 0 spiro atoms.